The monoisotopic (exact) mass is 247 g/mol. The minimum absolute atomic E-state index is 0.0382. The summed E-state index contributed by atoms with van der Waals surface area (Å²) in [6.07, 6.45) is -4.64. The molecule has 0 atom stereocenters. The van der Waals surface area contributed by atoms with Gasteiger partial charge in [0.05, 0.1) is 12.6 Å². The first-order chi connectivity index (χ1) is 7.97. The van der Waals surface area contributed by atoms with Crippen molar-refractivity contribution in [1.29, 1.82) is 0 Å². The molecule has 0 saturated heterocycles. The molecule has 0 unspecified atom stereocenters. The highest BCUT2D eigenvalue weighted by molar-refractivity contribution is 5.85. The summed E-state index contributed by atoms with van der Waals surface area (Å²) < 4.78 is 40.3. The van der Waals surface area contributed by atoms with Crippen molar-refractivity contribution < 1.29 is 22.5 Å². The van der Waals surface area contributed by atoms with Gasteiger partial charge in [-0.1, -0.05) is 5.16 Å². The third-order valence-electron chi connectivity index (χ3n) is 1.74. The first-order valence-electron chi connectivity index (χ1n) is 4.25. The van der Waals surface area contributed by atoms with Crippen molar-refractivity contribution in [2.45, 2.75) is 12.6 Å². The number of rotatable bonds is 3. The van der Waals surface area contributed by atoms with Crippen LogP contribution in [0.5, 0.6) is 0 Å². The first kappa shape index (κ1) is 11.2. The van der Waals surface area contributed by atoms with E-state index in [0.717, 1.165) is 0 Å². The van der Waals surface area contributed by atoms with E-state index in [1.165, 1.54) is 6.20 Å². The Morgan fingerprint density at radius 2 is 2.24 bits per heavy atom. The van der Waals surface area contributed by atoms with Crippen LogP contribution in [0.15, 0.2) is 10.7 Å². The number of nitrogens with zero attached hydrogens (tertiary/aromatic N) is 4. The molecular weight excluding hydrogens is 243 g/mol. The lowest BCUT2D eigenvalue weighted by atomic mass is 10.3. The highest BCUT2D eigenvalue weighted by Crippen LogP contribution is 2.19. The lowest BCUT2D eigenvalue weighted by molar-refractivity contribution is -0.170. The molecule has 0 amide bonds. The van der Waals surface area contributed by atoms with Crippen molar-refractivity contribution >= 4 is 5.78 Å². The molecule has 1 N–H and O–H groups in total. The van der Waals surface area contributed by atoms with Gasteiger partial charge in [-0.25, -0.2) is 0 Å². The fourth-order valence-electron chi connectivity index (χ4n) is 0.978. The first-order valence-corrected chi connectivity index (χ1v) is 4.25. The van der Waals surface area contributed by atoms with E-state index in [9.17, 15) is 18.0 Å². The van der Waals surface area contributed by atoms with E-state index in [2.05, 4.69) is 30.1 Å². The van der Waals surface area contributed by atoms with Crippen molar-refractivity contribution in [1.82, 2.24) is 25.6 Å². The van der Waals surface area contributed by atoms with Crippen LogP contribution in [0, 0.1) is 0 Å². The maximum Gasteiger partial charge on any atom is 0.450 e. The van der Waals surface area contributed by atoms with Gasteiger partial charge in [0.1, 0.15) is 0 Å². The second-order valence-corrected chi connectivity index (χ2v) is 2.96. The number of halogens is 3. The minimum atomic E-state index is -4.91. The smallest absolute Gasteiger partial charge is 0.338 e. The molecule has 0 bridgehead atoms. The van der Waals surface area contributed by atoms with E-state index in [1.807, 2.05) is 0 Å². The number of carbonyl (C=O) groups excluding carboxylic acids is 1. The molecule has 0 aliphatic heterocycles. The van der Waals surface area contributed by atoms with Crippen LogP contribution in [0.4, 0.5) is 13.2 Å². The number of alkyl halides is 3. The predicted molar refractivity (Wildman–Crippen MR) is 44.4 cm³/mol. The SMILES string of the molecule is O=C(Cc1nc(-c2cn[nH]n2)no1)C(F)(F)F. The number of Topliss-reactive ketones (excluding diaryl/α,β-unsaturated/α-hetero) is 1. The lowest BCUT2D eigenvalue weighted by Crippen LogP contribution is -2.24. The van der Waals surface area contributed by atoms with Crippen LogP contribution in [-0.4, -0.2) is 37.5 Å². The molecule has 2 aromatic heterocycles. The normalized spacial score (nSPS) is 11.7. The summed E-state index contributed by atoms with van der Waals surface area (Å²) in [6, 6.07) is 0. The molecule has 0 radical (unpaired) electrons. The zero-order valence-corrected chi connectivity index (χ0v) is 8.02. The minimum Gasteiger partial charge on any atom is -0.338 e. The zero-order chi connectivity index (χ0) is 12.5. The standard InChI is InChI=1S/C7H4F3N5O2/c8-7(9,10)4(16)1-5-12-6(14-17-5)3-2-11-15-13-3/h2H,1H2,(H,11,13,15). The summed E-state index contributed by atoms with van der Waals surface area (Å²) in [5.74, 6) is -2.41. The van der Waals surface area contributed by atoms with Gasteiger partial charge in [0.15, 0.2) is 5.69 Å². The number of carbonyl (C=O) groups is 1. The molecule has 0 spiro atoms. The third kappa shape index (κ3) is 2.46. The Bertz CT molecular complexity index is 518. The van der Waals surface area contributed by atoms with Gasteiger partial charge in [-0.2, -0.15) is 33.6 Å². The molecular formula is C7H4F3N5O2. The number of hydrogen-bond donors (Lipinski definition) is 1. The molecule has 0 aliphatic rings. The van der Waals surface area contributed by atoms with E-state index < -0.39 is 24.3 Å². The molecule has 90 valence electrons. The van der Waals surface area contributed by atoms with Crippen molar-refractivity contribution in [2.75, 3.05) is 0 Å². The Kier molecular flexibility index (Phi) is 2.61. The molecule has 0 aromatic carbocycles. The van der Waals surface area contributed by atoms with Gasteiger partial charge in [-0.15, -0.1) is 0 Å². The lowest BCUT2D eigenvalue weighted by Gasteiger charge is -2.00. The maximum atomic E-state index is 11.9. The number of aromatic amines is 1. The van der Waals surface area contributed by atoms with Gasteiger partial charge in [0.2, 0.25) is 17.5 Å². The fraction of sp³-hybridized carbons (Fsp3) is 0.286. The number of hydrogen-bond acceptors (Lipinski definition) is 6. The zero-order valence-electron chi connectivity index (χ0n) is 8.02. The molecule has 0 aliphatic carbocycles. The van der Waals surface area contributed by atoms with E-state index >= 15 is 0 Å². The number of aromatic nitrogens is 5. The molecule has 7 nitrogen and oxygen atoms in total. The van der Waals surface area contributed by atoms with Gasteiger partial charge in [0, 0.05) is 0 Å². The van der Waals surface area contributed by atoms with Crippen LogP contribution < -0.4 is 0 Å². The summed E-state index contributed by atoms with van der Waals surface area (Å²) in [4.78, 5) is 14.2. The highest BCUT2D eigenvalue weighted by Gasteiger charge is 2.39. The summed E-state index contributed by atoms with van der Waals surface area (Å²) in [7, 11) is 0. The Hall–Kier alpha value is -2.26. The van der Waals surface area contributed by atoms with Crippen LogP contribution in [0.3, 0.4) is 0 Å². The van der Waals surface area contributed by atoms with Crippen LogP contribution in [-0.2, 0) is 11.2 Å². The van der Waals surface area contributed by atoms with Crippen molar-refractivity contribution in [3.05, 3.63) is 12.1 Å². The van der Waals surface area contributed by atoms with Crippen molar-refractivity contribution in [2.24, 2.45) is 0 Å². The average molecular weight is 247 g/mol. The topological polar surface area (TPSA) is 97.6 Å². The molecule has 10 heteroatoms. The average Bonchev–Trinajstić information content (AvgIpc) is 2.83. The number of ketones is 1. The maximum absolute atomic E-state index is 11.9. The Labute approximate surface area is 91.0 Å². The van der Waals surface area contributed by atoms with Crippen LogP contribution >= 0.6 is 0 Å². The van der Waals surface area contributed by atoms with Crippen molar-refractivity contribution in [3.8, 4) is 11.5 Å². The van der Waals surface area contributed by atoms with Gasteiger partial charge in [-0.05, 0) is 0 Å². The number of H-pyrrole nitrogens is 1. The quantitative estimate of drug-likeness (QED) is 0.849. The molecule has 17 heavy (non-hydrogen) atoms. The summed E-state index contributed by atoms with van der Waals surface area (Å²) >= 11 is 0. The Morgan fingerprint density at radius 3 is 2.82 bits per heavy atom. The van der Waals surface area contributed by atoms with Gasteiger partial charge >= 0.3 is 6.18 Å². The Morgan fingerprint density at radius 1 is 1.47 bits per heavy atom. The van der Waals surface area contributed by atoms with Gasteiger partial charge < -0.3 is 4.52 Å². The van der Waals surface area contributed by atoms with Crippen LogP contribution in [0.25, 0.3) is 11.5 Å². The molecule has 0 saturated carbocycles. The fourth-order valence-corrected chi connectivity index (χ4v) is 0.978. The van der Waals surface area contributed by atoms with Gasteiger partial charge in [-0.3, -0.25) is 4.79 Å². The van der Waals surface area contributed by atoms with Crippen LogP contribution in [0.1, 0.15) is 5.89 Å². The molecule has 2 rings (SSSR count). The summed E-state index contributed by atoms with van der Waals surface area (Å²) in [5.41, 5.74) is 0.208. The van der Waals surface area contributed by atoms with E-state index in [-0.39, 0.29) is 11.5 Å². The molecule has 0 fully saturated rings. The second kappa shape index (κ2) is 3.96. The van der Waals surface area contributed by atoms with E-state index in [4.69, 9.17) is 0 Å². The largest absolute Gasteiger partial charge is 0.450 e. The van der Waals surface area contributed by atoms with E-state index in [1.54, 1.807) is 0 Å². The van der Waals surface area contributed by atoms with Crippen molar-refractivity contribution in [3.63, 3.8) is 0 Å². The molecule has 2 heterocycles. The second-order valence-electron chi connectivity index (χ2n) is 2.96. The third-order valence-corrected chi connectivity index (χ3v) is 1.74. The predicted octanol–water partition coefficient (Wildman–Crippen LogP) is 0.529. The highest BCUT2D eigenvalue weighted by atomic mass is 19.4. The summed E-state index contributed by atoms with van der Waals surface area (Å²) in [6.45, 7) is 0. The summed E-state index contributed by atoms with van der Waals surface area (Å²) in [5, 5.41) is 12.7. The van der Waals surface area contributed by atoms with Crippen LogP contribution in [0.2, 0.25) is 0 Å². The number of nitrogens with one attached hydrogen (secondary N) is 1. The Balaban J connectivity index is 2.12. The van der Waals surface area contributed by atoms with E-state index in [0.29, 0.717) is 0 Å². The molecule has 2 aromatic rings. The van der Waals surface area contributed by atoms with Gasteiger partial charge in [0.25, 0.3) is 0 Å².